The quantitative estimate of drug-likeness (QED) is 0.344. The number of halogens is 4. The minimum Gasteiger partial charge on any atom is -0.376 e. The van der Waals surface area contributed by atoms with Crippen molar-refractivity contribution in [3.8, 4) is 0 Å². The molecule has 3 nitrogen and oxygen atoms in total. The van der Waals surface area contributed by atoms with Gasteiger partial charge in [-0.2, -0.15) is 0 Å². The van der Waals surface area contributed by atoms with E-state index in [1.165, 1.54) is 0 Å². The van der Waals surface area contributed by atoms with E-state index in [-0.39, 0.29) is 5.11 Å². The molecule has 0 aromatic heterocycles. The molecular formula is C14H13Cl4N3S. The van der Waals surface area contributed by atoms with Crippen LogP contribution >= 0.6 is 58.6 Å². The summed E-state index contributed by atoms with van der Waals surface area (Å²) in [5.74, 6) is 0. The van der Waals surface area contributed by atoms with Crippen molar-refractivity contribution in [1.29, 1.82) is 0 Å². The van der Waals surface area contributed by atoms with Crippen LogP contribution in [0.15, 0.2) is 36.6 Å². The van der Waals surface area contributed by atoms with Gasteiger partial charge < -0.3 is 16.0 Å². The van der Waals surface area contributed by atoms with Crippen LogP contribution in [0.4, 0.5) is 0 Å². The molecule has 0 fully saturated rings. The Morgan fingerprint density at radius 3 is 2.68 bits per heavy atom. The van der Waals surface area contributed by atoms with Crippen LogP contribution in [0.3, 0.4) is 0 Å². The molecule has 0 aliphatic carbocycles. The van der Waals surface area contributed by atoms with Crippen molar-refractivity contribution >= 4 is 63.7 Å². The standard InChI is InChI=1S/C14H13Cl4N3S/c15-10-7-9(12(17)11(16)8-10)3-6-21-5-2-1-4-14(21,18)20-13(19)22/h1-2,4-5,7-8H,3,6H2,(H3,19,20,22). The normalized spacial score (nSPS) is 20.3. The third-order valence-corrected chi connectivity index (χ3v) is 4.70. The molecule has 1 unspecified atom stereocenters. The average Bonchev–Trinajstić information content (AvgIpc) is 2.41. The maximum atomic E-state index is 6.53. The summed E-state index contributed by atoms with van der Waals surface area (Å²) in [4.78, 5) is 1.86. The molecule has 1 aromatic carbocycles. The third-order valence-electron chi connectivity index (χ3n) is 3.10. The highest BCUT2D eigenvalue weighted by Crippen LogP contribution is 2.31. The van der Waals surface area contributed by atoms with Gasteiger partial charge in [0.25, 0.3) is 0 Å². The van der Waals surface area contributed by atoms with Gasteiger partial charge in [0.05, 0.1) is 10.0 Å². The summed E-state index contributed by atoms with van der Waals surface area (Å²) < 4.78 is 0. The highest BCUT2D eigenvalue weighted by molar-refractivity contribution is 7.80. The molecule has 1 aliphatic heterocycles. The second kappa shape index (κ2) is 7.28. The zero-order valence-electron chi connectivity index (χ0n) is 11.3. The lowest BCUT2D eigenvalue weighted by molar-refractivity contribution is 0.264. The Morgan fingerprint density at radius 1 is 1.27 bits per heavy atom. The Morgan fingerprint density at radius 2 is 2.00 bits per heavy atom. The summed E-state index contributed by atoms with van der Waals surface area (Å²) in [6.45, 7) is 0.566. The van der Waals surface area contributed by atoms with E-state index in [9.17, 15) is 0 Å². The highest BCUT2D eigenvalue weighted by atomic mass is 35.5. The summed E-state index contributed by atoms with van der Waals surface area (Å²) in [5, 5.41) is 3.43. The number of hydrogen-bond acceptors (Lipinski definition) is 2. The molecule has 3 N–H and O–H groups in total. The van der Waals surface area contributed by atoms with Crippen LogP contribution in [-0.2, 0) is 6.42 Å². The number of thiocarbonyl (C=S) groups is 1. The number of benzene rings is 1. The predicted octanol–water partition coefficient (Wildman–Crippen LogP) is 4.30. The molecule has 1 atom stereocenters. The Kier molecular flexibility index (Phi) is 5.86. The molecule has 0 radical (unpaired) electrons. The van der Waals surface area contributed by atoms with Gasteiger partial charge in [-0.3, -0.25) is 0 Å². The zero-order valence-corrected chi connectivity index (χ0v) is 15.2. The second-order valence-corrected chi connectivity index (χ2v) is 6.91. The summed E-state index contributed by atoms with van der Waals surface area (Å²) in [6.07, 6.45) is 7.90. The number of nitrogens with two attached hydrogens (primary N) is 1. The molecule has 1 aromatic rings. The number of hydrogen-bond donors (Lipinski definition) is 2. The van der Waals surface area contributed by atoms with Crippen molar-refractivity contribution in [2.24, 2.45) is 5.73 Å². The lowest BCUT2D eigenvalue weighted by atomic mass is 10.1. The van der Waals surface area contributed by atoms with Crippen molar-refractivity contribution in [2.45, 2.75) is 11.5 Å². The number of nitrogens with zero attached hydrogens (tertiary/aromatic N) is 1. The fourth-order valence-electron chi connectivity index (χ4n) is 2.10. The summed E-state index contributed by atoms with van der Waals surface area (Å²) in [7, 11) is 0. The fourth-order valence-corrected chi connectivity index (χ4v) is 3.36. The van der Waals surface area contributed by atoms with Crippen molar-refractivity contribution in [1.82, 2.24) is 10.2 Å². The van der Waals surface area contributed by atoms with E-state index in [0.717, 1.165) is 5.56 Å². The van der Waals surface area contributed by atoms with E-state index in [4.69, 9.17) is 64.4 Å². The molecule has 1 heterocycles. The summed E-state index contributed by atoms with van der Waals surface area (Å²) in [6, 6.07) is 3.40. The van der Waals surface area contributed by atoms with Crippen LogP contribution in [0.25, 0.3) is 0 Å². The lowest BCUT2D eigenvalue weighted by Crippen LogP contribution is -2.56. The Hall–Kier alpha value is -0.650. The van der Waals surface area contributed by atoms with Gasteiger partial charge in [-0.1, -0.05) is 52.5 Å². The van der Waals surface area contributed by atoms with E-state index >= 15 is 0 Å². The van der Waals surface area contributed by atoms with Gasteiger partial charge in [-0.05, 0) is 48.5 Å². The van der Waals surface area contributed by atoms with Gasteiger partial charge in [0, 0.05) is 17.8 Å². The van der Waals surface area contributed by atoms with Gasteiger partial charge in [-0.15, -0.1) is 0 Å². The van der Waals surface area contributed by atoms with E-state index < -0.39 is 5.12 Å². The minimum atomic E-state index is -1.00. The van der Waals surface area contributed by atoms with Crippen LogP contribution in [0.2, 0.25) is 15.1 Å². The van der Waals surface area contributed by atoms with Crippen molar-refractivity contribution in [2.75, 3.05) is 6.54 Å². The van der Waals surface area contributed by atoms with E-state index in [1.807, 2.05) is 23.3 Å². The largest absolute Gasteiger partial charge is 0.376 e. The van der Waals surface area contributed by atoms with Crippen molar-refractivity contribution in [3.05, 3.63) is 57.2 Å². The molecular weight excluding hydrogens is 384 g/mol. The van der Waals surface area contributed by atoms with Crippen LogP contribution in [0, 0.1) is 0 Å². The van der Waals surface area contributed by atoms with E-state index in [1.54, 1.807) is 18.2 Å². The number of allylic oxidation sites excluding steroid dienone is 2. The molecule has 22 heavy (non-hydrogen) atoms. The van der Waals surface area contributed by atoms with Crippen molar-refractivity contribution in [3.63, 3.8) is 0 Å². The summed E-state index contributed by atoms with van der Waals surface area (Å²) in [5.41, 5.74) is 6.38. The zero-order chi connectivity index (χ0) is 16.3. The molecule has 0 bridgehead atoms. The van der Waals surface area contributed by atoms with Crippen LogP contribution in [0.5, 0.6) is 0 Å². The minimum absolute atomic E-state index is 0.115. The van der Waals surface area contributed by atoms with Gasteiger partial charge in [0.15, 0.2) is 5.11 Å². The number of rotatable bonds is 4. The molecule has 0 saturated heterocycles. The Balaban J connectivity index is 2.15. The molecule has 0 spiro atoms. The molecule has 0 saturated carbocycles. The number of alkyl halides is 1. The predicted molar refractivity (Wildman–Crippen MR) is 98.7 cm³/mol. The first-order valence-corrected chi connectivity index (χ1v) is 8.26. The molecule has 0 amide bonds. The van der Waals surface area contributed by atoms with Gasteiger partial charge >= 0.3 is 0 Å². The monoisotopic (exact) mass is 395 g/mol. The maximum Gasteiger partial charge on any atom is 0.210 e. The van der Waals surface area contributed by atoms with E-state index in [0.29, 0.717) is 28.0 Å². The first kappa shape index (κ1) is 17.7. The second-order valence-electron chi connectivity index (χ2n) is 4.67. The molecule has 1 aliphatic rings. The lowest BCUT2D eigenvalue weighted by Gasteiger charge is -2.38. The first-order chi connectivity index (χ1) is 10.3. The van der Waals surface area contributed by atoms with Crippen LogP contribution in [0.1, 0.15) is 5.56 Å². The first-order valence-electron chi connectivity index (χ1n) is 6.34. The van der Waals surface area contributed by atoms with E-state index in [2.05, 4.69) is 5.32 Å². The number of nitrogens with one attached hydrogen (secondary N) is 1. The van der Waals surface area contributed by atoms with Gasteiger partial charge in [-0.25, -0.2) is 0 Å². The molecule has 2 rings (SSSR count). The third kappa shape index (κ3) is 4.21. The molecule has 118 valence electrons. The smallest absolute Gasteiger partial charge is 0.210 e. The Labute approximate surface area is 154 Å². The van der Waals surface area contributed by atoms with Crippen LogP contribution in [-0.4, -0.2) is 21.7 Å². The molecule has 8 heteroatoms. The van der Waals surface area contributed by atoms with Crippen molar-refractivity contribution < 1.29 is 0 Å². The topological polar surface area (TPSA) is 41.3 Å². The van der Waals surface area contributed by atoms with Gasteiger partial charge in [0.2, 0.25) is 5.12 Å². The maximum absolute atomic E-state index is 6.53. The average molecular weight is 397 g/mol. The summed E-state index contributed by atoms with van der Waals surface area (Å²) >= 11 is 29.7. The fraction of sp³-hybridized carbons (Fsp3) is 0.214. The highest BCUT2D eigenvalue weighted by Gasteiger charge is 2.31. The Bertz CT molecular complexity index is 647. The SMILES string of the molecule is NC(=S)NC1(Cl)C=CC=CN1CCc1cc(Cl)cc(Cl)c1Cl. The van der Waals surface area contributed by atoms with Gasteiger partial charge in [0.1, 0.15) is 0 Å². The van der Waals surface area contributed by atoms with Crippen LogP contribution < -0.4 is 11.1 Å².